The third kappa shape index (κ3) is 5.29. The zero-order valence-electron chi connectivity index (χ0n) is 17.1. The van der Waals surface area contributed by atoms with E-state index in [0.29, 0.717) is 11.4 Å². The van der Waals surface area contributed by atoms with E-state index >= 15 is 0 Å². The molecule has 3 aromatic rings. The van der Waals surface area contributed by atoms with Crippen molar-refractivity contribution in [3.63, 3.8) is 0 Å². The molecule has 7 nitrogen and oxygen atoms in total. The number of anilines is 2. The van der Waals surface area contributed by atoms with Crippen molar-refractivity contribution in [2.24, 2.45) is 0 Å². The number of carbonyl (C=O) groups excluding carboxylic acids is 2. The molecule has 0 unspecified atom stereocenters. The second kappa shape index (κ2) is 9.44. The van der Waals surface area contributed by atoms with Crippen molar-refractivity contribution < 1.29 is 22.7 Å². The summed E-state index contributed by atoms with van der Waals surface area (Å²) in [7, 11) is -2.45. The summed E-state index contributed by atoms with van der Waals surface area (Å²) in [4.78, 5) is 24.7. The van der Waals surface area contributed by atoms with Gasteiger partial charge in [-0.25, -0.2) is 13.2 Å². The van der Waals surface area contributed by atoms with E-state index in [1.807, 2.05) is 6.07 Å². The summed E-state index contributed by atoms with van der Waals surface area (Å²) in [5.74, 6) is -1.29. The van der Waals surface area contributed by atoms with Crippen LogP contribution in [0.25, 0.3) is 0 Å². The van der Waals surface area contributed by atoms with Crippen molar-refractivity contribution in [2.45, 2.75) is 17.9 Å². The van der Waals surface area contributed by atoms with E-state index in [4.69, 9.17) is 4.74 Å². The van der Waals surface area contributed by atoms with Crippen LogP contribution in [0.15, 0.2) is 89.8 Å². The van der Waals surface area contributed by atoms with Gasteiger partial charge in [-0.15, -0.1) is 0 Å². The number of nitrogens with zero attached hydrogens (tertiary/aromatic N) is 1. The van der Waals surface area contributed by atoms with Crippen LogP contribution in [0, 0.1) is 0 Å². The molecule has 0 aliphatic carbocycles. The number of rotatable bonds is 7. The van der Waals surface area contributed by atoms with Crippen molar-refractivity contribution in [3.8, 4) is 0 Å². The number of esters is 1. The fraction of sp³-hybridized carbons (Fsp3) is 0.130. The predicted octanol–water partition coefficient (Wildman–Crippen LogP) is 3.70. The molecule has 0 saturated heterocycles. The average molecular weight is 439 g/mol. The lowest BCUT2D eigenvalue weighted by molar-refractivity contribution is -0.123. The highest BCUT2D eigenvalue weighted by Crippen LogP contribution is 2.22. The third-order valence-corrected chi connectivity index (χ3v) is 6.32. The number of carbonyl (C=O) groups is 2. The summed E-state index contributed by atoms with van der Waals surface area (Å²) < 4.78 is 32.3. The Balaban J connectivity index is 1.73. The van der Waals surface area contributed by atoms with Crippen molar-refractivity contribution >= 4 is 33.3 Å². The molecule has 3 aromatic carbocycles. The molecule has 0 bridgehead atoms. The topological polar surface area (TPSA) is 92.8 Å². The van der Waals surface area contributed by atoms with Gasteiger partial charge in [0.05, 0.1) is 16.1 Å². The molecule has 31 heavy (non-hydrogen) atoms. The van der Waals surface area contributed by atoms with Gasteiger partial charge < -0.3 is 10.1 Å². The van der Waals surface area contributed by atoms with E-state index in [1.165, 1.54) is 38.2 Å². The first-order valence-electron chi connectivity index (χ1n) is 9.50. The Morgan fingerprint density at radius 1 is 0.903 bits per heavy atom. The van der Waals surface area contributed by atoms with E-state index in [1.54, 1.807) is 54.6 Å². The zero-order chi connectivity index (χ0) is 22.4. The first-order valence-corrected chi connectivity index (χ1v) is 10.9. The number of amides is 1. The summed E-state index contributed by atoms with van der Waals surface area (Å²) >= 11 is 0. The molecule has 3 rings (SSSR count). The Morgan fingerprint density at radius 2 is 1.52 bits per heavy atom. The van der Waals surface area contributed by atoms with Gasteiger partial charge in [0.25, 0.3) is 15.9 Å². The molecule has 0 aliphatic rings. The standard InChI is InChI=1S/C23H22N2O5S/c1-17(22(26)24-19-11-5-3-6-12-19)30-23(27)18-10-9-15-21(16-18)31(28,29)25(2)20-13-7-4-8-14-20/h3-17H,1-2H3,(H,24,26)/t17-/m1/s1. The number of para-hydroxylation sites is 2. The number of ether oxygens (including phenoxy) is 1. The molecule has 0 spiro atoms. The lowest BCUT2D eigenvalue weighted by Crippen LogP contribution is -2.30. The normalized spacial score (nSPS) is 11.9. The lowest BCUT2D eigenvalue weighted by Gasteiger charge is -2.20. The van der Waals surface area contributed by atoms with Crippen molar-refractivity contribution in [1.82, 2.24) is 0 Å². The molecule has 1 amide bonds. The highest BCUT2D eigenvalue weighted by Gasteiger charge is 2.24. The smallest absolute Gasteiger partial charge is 0.338 e. The minimum atomic E-state index is -3.89. The van der Waals surface area contributed by atoms with Crippen molar-refractivity contribution in [3.05, 3.63) is 90.5 Å². The summed E-state index contributed by atoms with van der Waals surface area (Å²) in [6, 6.07) is 22.9. The predicted molar refractivity (Wildman–Crippen MR) is 118 cm³/mol. The Labute approximate surface area is 181 Å². The summed E-state index contributed by atoms with van der Waals surface area (Å²) in [6.45, 7) is 1.44. The first-order chi connectivity index (χ1) is 14.8. The molecular formula is C23H22N2O5S. The molecule has 0 heterocycles. The summed E-state index contributed by atoms with van der Waals surface area (Å²) in [5.41, 5.74) is 1.09. The zero-order valence-corrected chi connectivity index (χ0v) is 17.9. The maximum atomic E-state index is 13.0. The Kier molecular flexibility index (Phi) is 6.71. The molecular weight excluding hydrogens is 416 g/mol. The minimum absolute atomic E-state index is 0.0295. The summed E-state index contributed by atoms with van der Waals surface area (Å²) in [6.07, 6.45) is -1.07. The van der Waals surface area contributed by atoms with E-state index in [9.17, 15) is 18.0 Å². The molecule has 0 saturated carbocycles. The number of nitrogens with one attached hydrogen (secondary N) is 1. The Morgan fingerprint density at radius 3 is 2.16 bits per heavy atom. The number of sulfonamides is 1. The van der Waals surface area contributed by atoms with Gasteiger partial charge in [0.2, 0.25) is 0 Å². The lowest BCUT2D eigenvalue weighted by atomic mass is 10.2. The Bertz CT molecular complexity index is 1160. The van der Waals surface area contributed by atoms with Gasteiger partial charge in [-0.3, -0.25) is 9.10 Å². The molecule has 0 fully saturated rings. The van der Waals surface area contributed by atoms with Crippen molar-refractivity contribution in [1.29, 1.82) is 0 Å². The highest BCUT2D eigenvalue weighted by atomic mass is 32.2. The summed E-state index contributed by atoms with van der Waals surface area (Å²) in [5, 5.41) is 2.65. The van der Waals surface area contributed by atoms with Crippen LogP contribution in [-0.4, -0.2) is 33.4 Å². The van der Waals surface area contributed by atoms with Crippen LogP contribution in [0.5, 0.6) is 0 Å². The maximum absolute atomic E-state index is 13.0. The fourth-order valence-corrected chi connectivity index (χ4v) is 4.01. The van der Waals surface area contributed by atoms with Gasteiger partial charge in [0, 0.05) is 12.7 Å². The monoisotopic (exact) mass is 438 g/mol. The van der Waals surface area contributed by atoms with Gasteiger partial charge >= 0.3 is 5.97 Å². The highest BCUT2D eigenvalue weighted by molar-refractivity contribution is 7.92. The van der Waals surface area contributed by atoms with Crippen LogP contribution in [0.2, 0.25) is 0 Å². The van der Waals surface area contributed by atoms with E-state index in [2.05, 4.69) is 5.32 Å². The number of hydrogen-bond acceptors (Lipinski definition) is 5. The second-order valence-electron chi connectivity index (χ2n) is 6.74. The maximum Gasteiger partial charge on any atom is 0.338 e. The molecule has 0 aliphatic heterocycles. The van der Waals surface area contributed by atoms with Crippen LogP contribution in [-0.2, 0) is 19.6 Å². The van der Waals surface area contributed by atoms with Gasteiger partial charge in [-0.1, -0.05) is 42.5 Å². The molecule has 160 valence electrons. The van der Waals surface area contributed by atoms with Gasteiger partial charge in [-0.2, -0.15) is 0 Å². The molecule has 0 aromatic heterocycles. The Hall–Kier alpha value is -3.65. The van der Waals surface area contributed by atoms with Crippen LogP contribution in [0.3, 0.4) is 0 Å². The molecule has 0 radical (unpaired) electrons. The number of benzene rings is 3. The molecule has 8 heteroatoms. The third-order valence-electron chi connectivity index (χ3n) is 4.54. The van der Waals surface area contributed by atoms with Crippen LogP contribution >= 0.6 is 0 Å². The average Bonchev–Trinajstić information content (AvgIpc) is 2.79. The van der Waals surface area contributed by atoms with E-state index in [0.717, 1.165) is 4.31 Å². The quantitative estimate of drug-likeness (QED) is 0.568. The molecule has 1 atom stereocenters. The van der Waals surface area contributed by atoms with Gasteiger partial charge in [0.1, 0.15) is 0 Å². The minimum Gasteiger partial charge on any atom is -0.449 e. The number of hydrogen-bond donors (Lipinski definition) is 1. The van der Waals surface area contributed by atoms with Crippen LogP contribution < -0.4 is 9.62 Å². The van der Waals surface area contributed by atoms with Crippen molar-refractivity contribution in [2.75, 3.05) is 16.7 Å². The van der Waals surface area contributed by atoms with Gasteiger partial charge in [-0.05, 0) is 49.4 Å². The fourth-order valence-electron chi connectivity index (χ4n) is 2.77. The SMILES string of the molecule is C[C@@H](OC(=O)c1cccc(S(=O)(=O)N(C)c2ccccc2)c1)C(=O)Nc1ccccc1. The second-order valence-corrected chi connectivity index (χ2v) is 8.71. The molecule has 1 N–H and O–H groups in total. The van der Waals surface area contributed by atoms with E-state index in [-0.39, 0.29) is 10.5 Å². The van der Waals surface area contributed by atoms with E-state index < -0.39 is 28.0 Å². The van der Waals surface area contributed by atoms with Gasteiger partial charge in [0.15, 0.2) is 6.10 Å². The van der Waals surface area contributed by atoms with Crippen LogP contribution in [0.1, 0.15) is 17.3 Å². The first kappa shape index (κ1) is 22.0. The van der Waals surface area contributed by atoms with Crippen LogP contribution in [0.4, 0.5) is 11.4 Å². The largest absolute Gasteiger partial charge is 0.449 e.